The maximum Gasteiger partial charge on any atom is 0.146 e. The molecule has 7 heteroatoms. The monoisotopic (exact) mass is 448 g/mol. The van der Waals surface area contributed by atoms with Crippen LogP contribution in [0.4, 0.5) is 0 Å². The van der Waals surface area contributed by atoms with E-state index in [2.05, 4.69) is 30.6 Å². The molecule has 2 unspecified atom stereocenters. The molecule has 7 nitrogen and oxygen atoms in total. The first-order valence-electron chi connectivity index (χ1n) is 11.5. The fourth-order valence-corrected chi connectivity index (χ4v) is 5.52. The number of pyridine rings is 4. The number of carbonyl (C=O) groups is 1. The van der Waals surface area contributed by atoms with Gasteiger partial charge in [-0.2, -0.15) is 0 Å². The van der Waals surface area contributed by atoms with Crippen molar-refractivity contribution in [1.29, 1.82) is 0 Å². The zero-order chi connectivity index (χ0) is 22.9. The minimum atomic E-state index is -0.320. The van der Waals surface area contributed by atoms with E-state index in [0.29, 0.717) is 0 Å². The van der Waals surface area contributed by atoms with Gasteiger partial charge >= 0.3 is 0 Å². The number of fused-ring (bicyclic) bond motifs is 2. The van der Waals surface area contributed by atoms with Crippen molar-refractivity contribution in [3.8, 4) is 0 Å². The van der Waals surface area contributed by atoms with Crippen molar-refractivity contribution in [2.24, 2.45) is 11.8 Å². The second-order valence-corrected chi connectivity index (χ2v) is 8.84. The number of rotatable bonds is 4. The van der Waals surface area contributed by atoms with Crippen molar-refractivity contribution in [3.05, 3.63) is 120 Å². The zero-order valence-corrected chi connectivity index (χ0v) is 18.4. The molecule has 6 atom stereocenters. The maximum absolute atomic E-state index is 14.4. The molecule has 0 radical (unpaired) electrons. The van der Waals surface area contributed by atoms with Crippen molar-refractivity contribution in [3.63, 3.8) is 0 Å². The average molecular weight is 449 g/mol. The smallest absolute Gasteiger partial charge is 0.146 e. The third kappa shape index (κ3) is 3.59. The number of ketones is 1. The SMILES string of the molecule is O=C1C2[C@@H](c3cccnc3)N[C@@H](c3cccnc3)C1[C@@H](c1cccnc1)N[C@H]2c1cccnc1. The number of Topliss-reactive ketones (excluding diaryl/α,β-unsaturated/α-hetero) is 1. The molecule has 0 spiro atoms. The van der Waals surface area contributed by atoms with E-state index >= 15 is 0 Å². The van der Waals surface area contributed by atoms with E-state index in [1.807, 2.05) is 73.3 Å². The summed E-state index contributed by atoms with van der Waals surface area (Å²) in [5.74, 6) is -0.415. The van der Waals surface area contributed by atoms with E-state index in [4.69, 9.17) is 0 Å². The maximum atomic E-state index is 14.4. The van der Waals surface area contributed by atoms with Crippen LogP contribution in [0.1, 0.15) is 46.4 Å². The molecule has 6 heterocycles. The Morgan fingerprint density at radius 2 is 0.794 bits per heavy atom. The van der Waals surface area contributed by atoms with Gasteiger partial charge in [0.2, 0.25) is 0 Å². The molecule has 0 aliphatic carbocycles. The van der Waals surface area contributed by atoms with Gasteiger partial charge in [-0.25, -0.2) is 0 Å². The molecule has 168 valence electrons. The first-order chi connectivity index (χ1) is 16.8. The van der Waals surface area contributed by atoms with Crippen LogP contribution in [0.5, 0.6) is 0 Å². The van der Waals surface area contributed by atoms with Crippen LogP contribution in [-0.4, -0.2) is 25.7 Å². The Hall–Kier alpha value is -3.81. The summed E-state index contributed by atoms with van der Waals surface area (Å²) >= 11 is 0. The molecule has 2 N–H and O–H groups in total. The van der Waals surface area contributed by atoms with Crippen molar-refractivity contribution in [2.75, 3.05) is 0 Å². The summed E-state index contributed by atoms with van der Waals surface area (Å²) in [5, 5.41) is 7.67. The van der Waals surface area contributed by atoms with Gasteiger partial charge in [-0.1, -0.05) is 24.3 Å². The lowest BCUT2D eigenvalue weighted by atomic mass is 9.64. The lowest BCUT2D eigenvalue weighted by Gasteiger charge is -2.52. The number of carbonyl (C=O) groups excluding carboxylic acids is 1. The van der Waals surface area contributed by atoms with Gasteiger partial charge in [0.05, 0.1) is 11.8 Å². The van der Waals surface area contributed by atoms with Crippen molar-refractivity contribution in [2.45, 2.75) is 24.2 Å². The third-order valence-corrected chi connectivity index (χ3v) is 6.99. The highest BCUT2D eigenvalue weighted by Crippen LogP contribution is 2.51. The number of nitrogens with zero attached hydrogens (tertiary/aromatic N) is 4. The van der Waals surface area contributed by atoms with Gasteiger partial charge in [0.15, 0.2) is 0 Å². The summed E-state index contributed by atoms with van der Waals surface area (Å²) in [6.45, 7) is 0. The van der Waals surface area contributed by atoms with Crippen LogP contribution < -0.4 is 10.6 Å². The highest BCUT2D eigenvalue weighted by atomic mass is 16.1. The highest BCUT2D eigenvalue weighted by molar-refractivity contribution is 5.89. The summed E-state index contributed by atoms with van der Waals surface area (Å²) in [6, 6.07) is 15.0. The molecule has 4 aromatic heterocycles. The highest BCUT2D eigenvalue weighted by Gasteiger charge is 2.55. The van der Waals surface area contributed by atoms with Crippen LogP contribution in [0, 0.1) is 11.8 Å². The number of aromatic nitrogens is 4. The summed E-state index contributed by atoms with van der Waals surface area (Å²) in [6.07, 6.45) is 14.4. The van der Waals surface area contributed by atoms with Crippen LogP contribution in [0.3, 0.4) is 0 Å². The van der Waals surface area contributed by atoms with Gasteiger partial charge in [0.25, 0.3) is 0 Å². The minimum Gasteiger partial charge on any atom is -0.301 e. The molecular formula is C27H24N6O. The third-order valence-electron chi connectivity index (χ3n) is 6.99. The fraction of sp³-hybridized carbons (Fsp3) is 0.222. The Labute approximate surface area is 197 Å². The van der Waals surface area contributed by atoms with Gasteiger partial charge in [0.1, 0.15) is 5.78 Å². The molecule has 2 fully saturated rings. The summed E-state index contributed by atoms with van der Waals surface area (Å²) in [4.78, 5) is 31.8. The molecular weight excluding hydrogens is 424 g/mol. The molecule has 2 saturated heterocycles. The largest absolute Gasteiger partial charge is 0.301 e. The number of hydrogen-bond acceptors (Lipinski definition) is 7. The van der Waals surface area contributed by atoms with Gasteiger partial charge in [-0.05, 0) is 46.5 Å². The summed E-state index contributed by atoms with van der Waals surface area (Å²) < 4.78 is 0. The molecule has 6 rings (SSSR count). The first kappa shape index (κ1) is 20.8. The molecule has 4 aromatic rings. The summed E-state index contributed by atoms with van der Waals surface area (Å²) in [7, 11) is 0. The van der Waals surface area contributed by atoms with E-state index < -0.39 is 0 Å². The predicted octanol–water partition coefficient (Wildman–Crippen LogP) is 3.54. The second kappa shape index (κ2) is 8.85. The van der Waals surface area contributed by atoms with Crippen LogP contribution in [-0.2, 0) is 4.79 Å². The van der Waals surface area contributed by atoms with Gasteiger partial charge in [-0.15, -0.1) is 0 Å². The van der Waals surface area contributed by atoms with Gasteiger partial charge in [0, 0.05) is 73.7 Å². The van der Waals surface area contributed by atoms with E-state index in [9.17, 15) is 4.79 Å². The van der Waals surface area contributed by atoms with Crippen LogP contribution in [0.2, 0.25) is 0 Å². The molecule has 2 aliphatic heterocycles. The lowest BCUT2D eigenvalue weighted by molar-refractivity contribution is -0.139. The van der Waals surface area contributed by atoms with E-state index in [1.165, 1.54) is 0 Å². The second-order valence-electron chi connectivity index (χ2n) is 8.84. The molecule has 0 amide bonds. The normalized spacial score (nSPS) is 28.4. The number of piperidine rings is 2. The zero-order valence-electron chi connectivity index (χ0n) is 18.4. The van der Waals surface area contributed by atoms with Crippen molar-refractivity contribution >= 4 is 5.78 Å². The Bertz CT molecular complexity index is 1070. The van der Waals surface area contributed by atoms with Crippen LogP contribution in [0.25, 0.3) is 0 Å². The lowest BCUT2D eigenvalue weighted by Crippen LogP contribution is -2.60. The Morgan fingerprint density at radius 1 is 0.500 bits per heavy atom. The van der Waals surface area contributed by atoms with E-state index in [-0.39, 0.29) is 41.8 Å². The van der Waals surface area contributed by atoms with Crippen LogP contribution in [0.15, 0.2) is 98.1 Å². The Balaban J connectivity index is 1.52. The standard InChI is InChI=1S/C27H24N6O/c34-27-21-23(17-5-1-9-28-13-17)32-25(19-7-3-11-30-15-19)22(27)26(20-8-4-12-31-16-20)33-24(21)18-6-2-10-29-14-18/h1-16,21-26,32-33H/t21?,22?,23-,24+,25+,26-. The molecule has 34 heavy (non-hydrogen) atoms. The van der Waals surface area contributed by atoms with E-state index in [0.717, 1.165) is 22.3 Å². The van der Waals surface area contributed by atoms with Gasteiger partial charge in [-0.3, -0.25) is 24.7 Å². The molecule has 2 bridgehead atoms. The molecule has 0 saturated carbocycles. The van der Waals surface area contributed by atoms with Gasteiger partial charge < -0.3 is 10.6 Å². The average Bonchev–Trinajstić information content (AvgIpc) is 2.91. The van der Waals surface area contributed by atoms with Crippen molar-refractivity contribution in [1.82, 2.24) is 30.6 Å². The number of nitrogens with one attached hydrogen (secondary N) is 2. The first-order valence-corrected chi connectivity index (χ1v) is 11.5. The molecule has 0 aromatic carbocycles. The van der Waals surface area contributed by atoms with Crippen molar-refractivity contribution < 1.29 is 4.79 Å². The predicted molar refractivity (Wildman–Crippen MR) is 126 cm³/mol. The Kier molecular flexibility index (Phi) is 5.41. The molecule has 2 aliphatic rings. The van der Waals surface area contributed by atoms with E-state index in [1.54, 1.807) is 24.8 Å². The minimum absolute atomic E-state index is 0.213. The Morgan fingerprint density at radius 3 is 1.03 bits per heavy atom. The number of hydrogen-bond donors (Lipinski definition) is 2. The summed E-state index contributed by atoms with van der Waals surface area (Å²) in [5.41, 5.74) is 3.96. The van der Waals surface area contributed by atoms with Crippen LogP contribution >= 0.6 is 0 Å². The quantitative estimate of drug-likeness (QED) is 0.493. The fourth-order valence-electron chi connectivity index (χ4n) is 5.52. The topological polar surface area (TPSA) is 92.7 Å².